The molecule has 3 aromatic rings. The van der Waals surface area contributed by atoms with Crippen molar-refractivity contribution in [2.24, 2.45) is 0 Å². The summed E-state index contributed by atoms with van der Waals surface area (Å²) in [4.78, 5) is 14.9. The average molecular weight is 459 g/mol. The molecule has 1 aliphatic rings. The maximum atomic E-state index is 13.8. The minimum Gasteiger partial charge on any atom is -0.493 e. The van der Waals surface area contributed by atoms with Gasteiger partial charge in [0.05, 0.1) is 25.8 Å². The van der Waals surface area contributed by atoms with E-state index in [0.717, 1.165) is 23.8 Å². The van der Waals surface area contributed by atoms with E-state index < -0.39 is 29.5 Å². The molecule has 0 fully saturated rings. The molecule has 33 heavy (non-hydrogen) atoms. The molecule has 4 rings (SSSR count). The lowest BCUT2D eigenvalue weighted by atomic mass is 9.86. The summed E-state index contributed by atoms with van der Waals surface area (Å²) in [5.41, 5.74) is 1.06. The van der Waals surface area contributed by atoms with Crippen molar-refractivity contribution in [3.8, 4) is 11.5 Å². The van der Waals surface area contributed by atoms with Gasteiger partial charge in [0.2, 0.25) is 0 Å². The second-order valence-corrected chi connectivity index (χ2v) is 7.69. The van der Waals surface area contributed by atoms with Crippen LogP contribution in [-0.2, 0) is 12.6 Å². The summed E-state index contributed by atoms with van der Waals surface area (Å²) in [6.45, 7) is 0.235. The maximum absolute atomic E-state index is 13.8. The third-order valence-electron chi connectivity index (χ3n) is 5.74. The van der Waals surface area contributed by atoms with Crippen LogP contribution in [0.4, 0.5) is 17.6 Å². The first-order valence-corrected chi connectivity index (χ1v) is 10.2. The maximum Gasteiger partial charge on any atom is 0.416 e. The van der Waals surface area contributed by atoms with Crippen molar-refractivity contribution < 1.29 is 31.8 Å². The van der Waals surface area contributed by atoms with Crippen molar-refractivity contribution >= 4 is 5.91 Å². The number of carbonyl (C=O) groups is 1. The summed E-state index contributed by atoms with van der Waals surface area (Å²) in [5.74, 6) is -0.158. The smallest absolute Gasteiger partial charge is 0.416 e. The second-order valence-electron chi connectivity index (χ2n) is 7.69. The number of benzene rings is 3. The molecule has 8 heteroatoms. The number of ether oxygens (including phenoxy) is 2. The fourth-order valence-corrected chi connectivity index (χ4v) is 4.20. The first kappa shape index (κ1) is 22.6. The monoisotopic (exact) mass is 459 g/mol. The van der Waals surface area contributed by atoms with E-state index >= 15 is 0 Å². The molecular formula is C25H21F4NO3. The molecule has 0 saturated carbocycles. The Morgan fingerprint density at radius 2 is 1.67 bits per heavy atom. The summed E-state index contributed by atoms with van der Waals surface area (Å²) in [6, 6.07) is 12.8. The van der Waals surface area contributed by atoms with Crippen molar-refractivity contribution in [3.05, 3.63) is 94.3 Å². The number of fused-ring (bicyclic) bond motifs is 1. The van der Waals surface area contributed by atoms with Crippen LogP contribution in [0.25, 0.3) is 0 Å². The molecule has 0 N–H and O–H groups in total. The fourth-order valence-electron chi connectivity index (χ4n) is 4.20. The van der Waals surface area contributed by atoms with Crippen LogP contribution in [-0.4, -0.2) is 31.6 Å². The molecule has 0 spiro atoms. The van der Waals surface area contributed by atoms with Gasteiger partial charge < -0.3 is 14.4 Å². The minimum absolute atomic E-state index is 0.121. The van der Waals surface area contributed by atoms with Crippen LogP contribution in [0.3, 0.4) is 0 Å². The van der Waals surface area contributed by atoms with E-state index in [1.807, 2.05) is 0 Å². The van der Waals surface area contributed by atoms with Crippen LogP contribution >= 0.6 is 0 Å². The van der Waals surface area contributed by atoms with E-state index in [-0.39, 0.29) is 12.1 Å². The highest BCUT2D eigenvalue weighted by atomic mass is 19.4. The van der Waals surface area contributed by atoms with Gasteiger partial charge in [-0.15, -0.1) is 0 Å². The highest BCUT2D eigenvalue weighted by Gasteiger charge is 2.36. The molecular weight excluding hydrogens is 438 g/mol. The summed E-state index contributed by atoms with van der Waals surface area (Å²) in [5, 5.41) is 0. The van der Waals surface area contributed by atoms with Crippen molar-refractivity contribution in [2.45, 2.75) is 18.6 Å². The van der Waals surface area contributed by atoms with Crippen LogP contribution < -0.4 is 9.47 Å². The van der Waals surface area contributed by atoms with Crippen LogP contribution in [0, 0.1) is 5.82 Å². The Morgan fingerprint density at radius 1 is 0.970 bits per heavy atom. The Balaban J connectivity index is 1.89. The lowest BCUT2D eigenvalue weighted by molar-refractivity contribution is -0.137. The Kier molecular flexibility index (Phi) is 6.01. The number of nitrogens with zero attached hydrogens (tertiary/aromatic N) is 1. The van der Waals surface area contributed by atoms with Gasteiger partial charge >= 0.3 is 6.18 Å². The molecule has 1 amide bonds. The van der Waals surface area contributed by atoms with Crippen LogP contribution in [0.15, 0.2) is 60.7 Å². The standard InChI is InChI=1S/C25H21F4NO3/c1-32-21-13-15-9-10-30(24(31)17-6-4-8-19(26)12-17)23(20(15)14-22(21)33-2)16-5-3-7-18(11-16)25(27,28)29/h3-8,11-14,23H,9-10H2,1-2H3/t23-/m0/s1. The number of hydrogen-bond acceptors (Lipinski definition) is 3. The number of hydrogen-bond donors (Lipinski definition) is 0. The molecule has 0 unspecified atom stereocenters. The molecule has 0 radical (unpaired) electrons. The van der Waals surface area contributed by atoms with Crippen molar-refractivity contribution in [3.63, 3.8) is 0 Å². The molecule has 0 bridgehead atoms. The zero-order valence-corrected chi connectivity index (χ0v) is 17.9. The highest BCUT2D eigenvalue weighted by Crippen LogP contribution is 2.42. The van der Waals surface area contributed by atoms with Gasteiger partial charge in [0.15, 0.2) is 11.5 Å². The third-order valence-corrected chi connectivity index (χ3v) is 5.74. The molecule has 1 atom stereocenters. The predicted molar refractivity (Wildman–Crippen MR) is 114 cm³/mol. The fraction of sp³-hybridized carbons (Fsp3) is 0.240. The zero-order valence-electron chi connectivity index (χ0n) is 17.9. The third kappa shape index (κ3) is 4.37. The van der Waals surface area contributed by atoms with E-state index in [1.165, 1.54) is 43.4 Å². The summed E-state index contributed by atoms with van der Waals surface area (Å²) in [6.07, 6.45) is -4.09. The van der Waals surface area contributed by atoms with Gasteiger partial charge in [0.1, 0.15) is 5.82 Å². The summed E-state index contributed by atoms with van der Waals surface area (Å²) >= 11 is 0. The van der Waals surface area contributed by atoms with Gasteiger partial charge in [0.25, 0.3) is 5.91 Å². The first-order chi connectivity index (χ1) is 15.7. The summed E-state index contributed by atoms with van der Waals surface area (Å²) in [7, 11) is 2.96. The molecule has 4 nitrogen and oxygen atoms in total. The first-order valence-electron chi connectivity index (χ1n) is 10.2. The lowest BCUT2D eigenvalue weighted by Gasteiger charge is -2.38. The number of rotatable bonds is 4. The van der Waals surface area contributed by atoms with Gasteiger partial charge in [-0.25, -0.2) is 4.39 Å². The van der Waals surface area contributed by atoms with Crippen LogP contribution in [0.1, 0.15) is 38.7 Å². The van der Waals surface area contributed by atoms with Crippen molar-refractivity contribution in [1.82, 2.24) is 4.90 Å². The Morgan fingerprint density at radius 3 is 2.33 bits per heavy atom. The number of alkyl halides is 3. The average Bonchev–Trinajstić information content (AvgIpc) is 2.81. The van der Waals surface area contributed by atoms with E-state index in [2.05, 4.69) is 0 Å². The van der Waals surface area contributed by atoms with E-state index in [0.29, 0.717) is 29.0 Å². The molecule has 1 aliphatic heterocycles. The van der Waals surface area contributed by atoms with Crippen molar-refractivity contribution in [2.75, 3.05) is 20.8 Å². The molecule has 0 aromatic heterocycles. The van der Waals surface area contributed by atoms with E-state index in [9.17, 15) is 22.4 Å². The SMILES string of the molecule is COc1cc2c(cc1OC)[C@H](c1cccc(C(F)(F)F)c1)N(C(=O)c1cccc(F)c1)CC2. The quantitative estimate of drug-likeness (QED) is 0.474. The molecule has 172 valence electrons. The lowest BCUT2D eigenvalue weighted by Crippen LogP contribution is -2.40. The Labute approximate surface area is 188 Å². The van der Waals surface area contributed by atoms with E-state index in [4.69, 9.17) is 9.47 Å². The molecule has 1 heterocycles. The minimum atomic E-state index is -4.54. The van der Waals surface area contributed by atoms with Gasteiger partial charge in [-0.1, -0.05) is 18.2 Å². The largest absolute Gasteiger partial charge is 0.493 e. The Hall–Kier alpha value is -3.55. The molecule has 0 aliphatic carbocycles. The van der Waals surface area contributed by atoms with Gasteiger partial charge in [0, 0.05) is 12.1 Å². The number of halogens is 4. The van der Waals surface area contributed by atoms with Crippen LogP contribution in [0.2, 0.25) is 0 Å². The number of methoxy groups -OCH3 is 2. The van der Waals surface area contributed by atoms with Gasteiger partial charge in [-0.2, -0.15) is 13.2 Å². The predicted octanol–water partition coefficient (Wildman–Crippen LogP) is 5.65. The number of amides is 1. The second kappa shape index (κ2) is 8.77. The number of carbonyl (C=O) groups excluding carboxylic acids is 1. The molecule has 3 aromatic carbocycles. The Bertz CT molecular complexity index is 1190. The molecule has 0 saturated heterocycles. The van der Waals surface area contributed by atoms with Gasteiger partial charge in [-0.3, -0.25) is 4.79 Å². The summed E-state index contributed by atoms with van der Waals surface area (Å²) < 4.78 is 64.9. The van der Waals surface area contributed by atoms with Crippen LogP contribution in [0.5, 0.6) is 11.5 Å². The van der Waals surface area contributed by atoms with Crippen molar-refractivity contribution in [1.29, 1.82) is 0 Å². The zero-order chi connectivity index (χ0) is 23.8. The van der Waals surface area contributed by atoms with E-state index in [1.54, 1.807) is 18.2 Å². The van der Waals surface area contributed by atoms with Gasteiger partial charge in [-0.05, 0) is 65.6 Å². The normalized spacial score (nSPS) is 15.7. The highest BCUT2D eigenvalue weighted by molar-refractivity contribution is 5.95. The topological polar surface area (TPSA) is 38.8 Å².